The first-order valence-electron chi connectivity index (χ1n) is 7.99. The number of hydrogen-bond donors (Lipinski definition) is 1. The van der Waals surface area contributed by atoms with E-state index in [2.05, 4.69) is 0 Å². The van der Waals surface area contributed by atoms with Gasteiger partial charge in [0.05, 0.1) is 25.9 Å². The first-order chi connectivity index (χ1) is 11.7. The van der Waals surface area contributed by atoms with E-state index in [4.69, 9.17) is 14.2 Å². The van der Waals surface area contributed by atoms with Crippen molar-refractivity contribution in [2.75, 3.05) is 6.61 Å². The van der Waals surface area contributed by atoms with E-state index >= 15 is 0 Å². The molecule has 0 amide bonds. The van der Waals surface area contributed by atoms with Crippen molar-refractivity contribution in [3.8, 4) is 0 Å². The Bertz CT molecular complexity index is 622. The number of ether oxygens (including phenoxy) is 3. The Morgan fingerprint density at radius 1 is 1.00 bits per heavy atom. The summed E-state index contributed by atoms with van der Waals surface area (Å²) in [6, 6.07) is 19.0. The van der Waals surface area contributed by atoms with Crippen molar-refractivity contribution in [1.29, 1.82) is 0 Å². The average Bonchev–Trinajstić information content (AvgIpc) is 2.90. The van der Waals surface area contributed by atoms with Gasteiger partial charge in [-0.1, -0.05) is 60.7 Å². The van der Waals surface area contributed by atoms with E-state index in [9.17, 15) is 9.50 Å². The summed E-state index contributed by atoms with van der Waals surface area (Å²) >= 11 is 0. The number of alkyl halides is 1. The number of rotatable bonds is 7. The summed E-state index contributed by atoms with van der Waals surface area (Å²) in [4.78, 5) is 0. The molecule has 0 aromatic heterocycles. The smallest absolute Gasteiger partial charge is 0.314 e. The molecule has 0 bridgehead atoms. The van der Waals surface area contributed by atoms with Gasteiger partial charge in [-0.3, -0.25) is 0 Å². The lowest BCUT2D eigenvalue weighted by Crippen LogP contribution is -2.40. The minimum Gasteiger partial charge on any atom is -0.374 e. The molecule has 4 nitrogen and oxygen atoms in total. The van der Waals surface area contributed by atoms with Crippen LogP contribution in [0.25, 0.3) is 0 Å². The SMILES string of the molecule is OC1(OCc2ccccc2)OC(COCc2ccccc2)CC1F. The lowest BCUT2D eigenvalue weighted by atomic mass is 10.2. The molecular weight excluding hydrogens is 311 g/mol. The van der Waals surface area contributed by atoms with Crippen molar-refractivity contribution < 1.29 is 23.7 Å². The standard InChI is InChI=1S/C19H21FO4/c20-18-11-17(14-22-12-15-7-3-1-4-8-15)24-19(18,21)23-13-16-9-5-2-6-10-16/h1-10,17-18,21H,11-14H2. The van der Waals surface area contributed by atoms with E-state index < -0.39 is 18.2 Å². The monoisotopic (exact) mass is 332 g/mol. The quantitative estimate of drug-likeness (QED) is 0.791. The summed E-state index contributed by atoms with van der Waals surface area (Å²) < 4.78 is 30.3. The number of halogens is 1. The number of benzene rings is 2. The van der Waals surface area contributed by atoms with E-state index in [0.717, 1.165) is 11.1 Å². The van der Waals surface area contributed by atoms with Crippen LogP contribution in [-0.4, -0.2) is 30.0 Å². The normalized spacial score (nSPS) is 26.6. The third-order valence-electron chi connectivity index (χ3n) is 3.90. The average molecular weight is 332 g/mol. The van der Waals surface area contributed by atoms with Crippen molar-refractivity contribution in [1.82, 2.24) is 0 Å². The van der Waals surface area contributed by atoms with Crippen LogP contribution in [-0.2, 0) is 27.4 Å². The van der Waals surface area contributed by atoms with Crippen molar-refractivity contribution in [2.45, 2.75) is 37.9 Å². The second kappa shape index (κ2) is 7.85. The Morgan fingerprint density at radius 2 is 1.58 bits per heavy atom. The Kier molecular flexibility index (Phi) is 5.58. The highest BCUT2D eigenvalue weighted by Gasteiger charge is 2.50. The van der Waals surface area contributed by atoms with Crippen LogP contribution in [0.1, 0.15) is 17.5 Å². The Hall–Kier alpha value is -1.79. The molecule has 1 aliphatic rings. The van der Waals surface area contributed by atoms with Crippen LogP contribution in [0.15, 0.2) is 60.7 Å². The summed E-state index contributed by atoms with van der Waals surface area (Å²) in [5.74, 6) is -2.21. The molecule has 0 aliphatic carbocycles. The van der Waals surface area contributed by atoms with Gasteiger partial charge in [-0.15, -0.1) is 0 Å². The zero-order valence-electron chi connectivity index (χ0n) is 13.3. The van der Waals surface area contributed by atoms with Gasteiger partial charge in [0.1, 0.15) is 0 Å². The third-order valence-corrected chi connectivity index (χ3v) is 3.90. The van der Waals surface area contributed by atoms with Gasteiger partial charge < -0.3 is 19.3 Å². The van der Waals surface area contributed by atoms with Crippen LogP contribution < -0.4 is 0 Å². The molecule has 0 saturated carbocycles. The van der Waals surface area contributed by atoms with Gasteiger partial charge in [-0.05, 0) is 11.1 Å². The first-order valence-corrected chi connectivity index (χ1v) is 7.99. The van der Waals surface area contributed by atoms with Gasteiger partial charge in [0, 0.05) is 6.42 Å². The minimum absolute atomic E-state index is 0.0417. The predicted molar refractivity (Wildman–Crippen MR) is 86.7 cm³/mol. The molecule has 1 heterocycles. The Labute approximate surface area is 140 Å². The summed E-state index contributed by atoms with van der Waals surface area (Å²) in [5, 5.41) is 10.2. The summed E-state index contributed by atoms with van der Waals surface area (Å²) in [7, 11) is 0. The molecule has 2 aromatic rings. The highest BCUT2D eigenvalue weighted by atomic mass is 19.1. The predicted octanol–water partition coefficient (Wildman–Crippen LogP) is 3.19. The lowest BCUT2D eigenvalue weighted by Gasteiger charge is -2.24. The second-order valence-electron chi connectivity index (χ2n) is 5.85. The molecule has 24 heavy (non-hydrogen) atoms. The summed E-state index contributed by atoms with van der Waals surface area (Å²) in [6.45, 7) is 0.697. The fraction of sp³-hybridized carbons (Fsp3) is 0.368. The highest BCUT2D eigenvalue weighted by molar-refractivity contribution is 5.14. The maximum atomic E-state index is 14.1. The van der Waals surface area contributed by atoms with Gasteiger partial charge in [0.25, 0.3) is 0 Å². The van der Waals surface area contributed by atoms with Crippen LogP contribution in [0.4, 0.5) is 4.39 Å². The summed E-state index contributed by atoms with van der Waals surface area (Å²) in [6.07, 6.45) is -2.10. The molecule has 3 rings (SSSR count). The van der Waals surface area contributed by atoms with Crippen molar-refractivity contribution >= 4 is 0 Å². The van der Waals surface area contributed by atoms with Crippen molar-refractivity contribution in [2.24, 2.45) is 0 Å². The molecule has 128 valence electrons. The molecule has 2 aromatic carbocycles. The molecule has 5 heteroatoms. The molecule has 1 fully saturated rings. The maximum Gasteiger partial charge on any atom is 0.314 e. The fourth-order valence-corrected chi connectivity index (χ4v) is 2.61. The van der Waals surface area contributed by atoms with Crippen LogP contribution in [0.5, 0.6) is 0 Å². The lowest BCUT2D eigenvalue weighted by molar-refractivity contribution is -0.373. The largest absolute Gasteiger partial charge is 0.374 e. The molecular formula is C19H21FO4. The van der Waals surface area contributed by atoms with E-state index in [1.807, 2.05) is 60.7 Å². The van der Waals surface area contributed by atoms with Crippen molar-refractivity contribution in [3.05, 3.63) is 71.8 Å². The third kappa shape index (κ3) is 4.39. The fourth-order valence-electron chi connectivity index (χ4n) is 2.61. The van der Waals surface area contributed by atoms with Crippen molar-refractivity contribution in [3.63, 3.8) is 0 Å². The molecule has 3 atom stereocenters. The van der Waals surface area contributed by atoms with Crippen LogP contribution in [0.2, 0.25) is 0 Å². The first kappa shape index (κ1) is 17.0. The summed E-state index contributed by atoms with van der Waals surface area (Å²) in [5.41, 5.74) is 1.87. The maximum absolute atomic E-state index is 14.1. The van der Waals surface area contributed by atoms with Crippen LogP contribution in [0.3, 0.4) is 0 Å². The van der Waals surface area contributed by atoms with Gasteiger partial charge in [-0.25, -0.2) is 4.39 Å². The van der Waals surface area contributed by atoms with E-state index in [0.29, 0.717) is 6.61 Å². The van der Waals surface area contributed by atoms with Gasteiger partial charge in [0.2, 0.25) is 0 Å². The van der Waals surface area contributed by atoms with E-state index in [-0.39, 0.29) is 19.6 Å². The van der Waals surface area contributed by atoms with E-state index in [1.54, 1.807) is 0 Å². The van der Waals surface area contributed by atoms with Gasteiger partial charge >= 0.3 is 5.97 Å². The molecule has 1 saturated heterocycles. The topological polar surface area (TPSA) is 47.9 Å². The zero-order chi connectivity index (χ0) is 16.8. The molecule has 1 N–H and O–H groups in total. The number of aliphatic hydroxyl groups is 1. The highest BCUT2D eigenvalue weighted by Crippen LogP contribution is 2.33. The minimum atomic E-state index is -2.21. The van der Waals surface area contributed by atoms with Crippen LogP contribution >= 0.6 is 0 Å². The Morgan fingerprint density at radius 3 is 2.21 bits per heavy atom. The molecule has 3 unspecified atom stereocenters. The molecule has 0 radical (unpaired) electrons. The van der Waals surface area contributed by atoms with Gasteiger partial charge in [0.15, 0.2) is 6.17 Å². The molecule has 1 aliphatic heterocycles. The number of hydrogen-bond acceptors (Lipinski definition) is 4. The van der Waals surface area contributed by atoms with E-state index in [1.165, 1.54) is 0 Å². The zero-order valence-corrected chi connectivity index (χ0v) is 13.3. The van der Waals surface area contributed by atoms with Crippen LogP contribution in [0, 0.1) is 0 Å². The molecule has 0 spiro atoms. The second-order valence-corrected chi connectivity index (χ2v) is 5.85. The Balaban J connectivity index is 1.46. The van der Waals surface area contributed by atoms with Gasteiger partial charge in [-0.2, -0.15) is 0 Å².